The molecule has 0 bridgehead atoms. The molecule has 2 N–H and O–H groups in total. The molecule has 1 aromatic heterocycles. The van der Waals surface area contributed by atoms with Gasteiger partial charge in [-0.2, -0.15) is 0 Å². The van der Waals surface area contributed by atoms with Crippen molar-refractivity contribution in [3.8, 4) is 5.75 Å². The maximum absolute atomic E-state index is 13.2. The summed E-state index contributed by atoms with van der Waals surface area (Å²) in [5, 5.41) is 12.1. The Morgan fingerprint density at radius 1 is 1.09 bits per heavy atom. The highest BCUT2D eigenvalue weighted by Gasteiger charge is 2.46. The van der Waals surface area contributed by atoms with E-state index in [0.717, 1.165) is 22.9 Å². The first-order valence-electron chi connectivity index (χ1n) is 11.6. The number of hydrogen-bond acceptors (Lipinski definition) is 5. The second-order valence-electron chi connectivity index (χ2n) is 8.57. The van der Waals surface area contributed by atoms with Gasteiger partial charge in [-0.05, 0) is 50.6 Å². The second-order valence-corrected chi connectivity index (χ2v) is 8.57. The number of aromatic nitrogens is 1. The molecule has 4 rings (SSSR count). The van der Waals surface area contributed by atoms with Crippen LogP contribution in [0.3, 0.4) is 0 Å². The van der Waals surface area contributed by atoms with E-state index in [0.29, 0.717) is 17.9 Å². The lowest BCUT2D eigenvalue weighted by Gasteiger charge is -2.25. The Bertz CT molecular complexity index is 1210. The number of hydrogen-bond donors (Lipinski definition) is 2. The molecule has 1 fully saturated rings. The lowest BCUT2D eigenvalue weighted by Crippen LogP contribution is -2.33. The quantitative estimate of drug-likeness (QED) is 0.271. The number of Topliss-reactive ketones (excluding diaryl/α,β-unsaturated/α-hetero) is 1. The minimum Gasteiger partial charge on any atom is -0.507 e. The number of fused-ring (bicyclic) bond motifs is 1. The van der Waals surface area contributed by atoms with Crippen LogP contribution in [-0.4, -0.2) is 52.5 Å². The van der Waals surface area contributed by atoms with Crippen LogP contribution >= 0.6 is 0 Å². The molecule has 1 unspecified atom stereocenters. The van der Waals surface area contributed by atoms with E-state index in [-0.39, 0.29) is 30.6 Å². The molecular formula is C27H30N2O5. The predicted molar refractivity (Wildman–Crippen MR) is 131 cm³/mol. The number of H-pyrrole nitrogens is 1. The van der Waals surface area contributed by atoms with Gasteiger partial charge in [0.2, 0.25) is 0 Å². The normalized spacial score (nSPS) is 17.8. The van der Waals surface area contributed by atoms with Gasteiger partial charge < -0.3 is 24.5 Å². The maximum atomic E-state index is 13.2. The maximum Gasteiger partial charge on any atom is 0.295 e. The van der Waals surface area contributed by atoms with E-state index in [1.807, 2.05) is 45.0 Å². The summed E-state index contributed by atoms with van der Waals surface area (Å²) in [6, 6.07) is 13.8. The van der Waals surface area contributed by atoms with Crippen molar-refractivity contribution >= 4 is 28.4 Å². The van der Waals surface area contributed by atoms with Crippen molar-refractivity contribution in [1.82, 2.24) is 9.88 Å². The molecule has 2 aromatic carbocycles. The summed E-state index contributed by atoms with van der Waals surface area (Å²) in [6.07, 6.45) is 2.68. The molecule has 1 atom stereocenters. The van der Waals surface area contributed by atoms with Crippen LogP contribution in [0.5, 0.6) is 5.75 Å². The molecule has 0 radical (unpaired) electrons. The van der Waals surface area contributed by atoms with Gasteiger partial charge in [0.05, 0.1) is 30.9 Å². The van der Waals surface area contributed by atoms with Crippen molar-refractivity contribution < 1.29 is 24.2 Å². The largest absolute Gasteiger partial charge is 0.507 e. The second kappa shape index (κ2) is 10.1. The number of aliphatic hydroxyl groups excluding tert-OH is 1. The molecule has 34 heavy (non-hydrogen) atoms. The zero-order valence-electron chi connectivity index (χ0n) is 19.7. The van der Waals surface area contributed by atoms with Crippen molar-refractivity contribution in [2.45, 2.75) is 39.3 Å². The number of para-hydroxylation sites is 1. The van der Waals surface area contributed by atoms with Crippen molar-refractivity contribution in [3.05, 3.63) is 71.4 Å². The lowest BCUT2D eigenvalue weighted by molar-refractivity contribution is -0.140. The van der Waals surface area contributed by atoms with Crippen molar-refractivity contribution in [2.24, 2.45) is 0 Å². The average Bonchev–Trinajstić information content (AvgIpc) is 3.36. The van der Waals surface area contributed by atoms with Gasteiger partial charge in [-0.1, -0.05) is 25.1 Å². The van der Waals surface area contributed by atoms with Crippen LogP contribution in [0, 0.1) is 0 Å². The number of carbonyl (C=O) groups excluding carboxylic acids is 2. The Morgan fingerprint density at radius 2 is 1.82 bits per heavy atom. The summed E-state index contributed by atoms with van der Waals surface area (Å²) in [4.78, 5) is 31.0. The number of rotatable bonds is 9. The Hall–Kier alpha value is -3.58. The zero-order valence-corrected chi connectivity index (χ0v) is 19.7. The van der Waals surface area contributed by atoms with Gasteiger partial charge >= 0.3 is 0 Å². The third-order valence-electron chi connectivity index (χ3n) is 5.84. The summed E-state index contributed by atoms with van der Waals surface area (Å²) in [7, 11) is 0. The first kappa shape index (κ1) is 23.6. The average molecular weight is 463 g/mol. The molecule has 178 valence electrons. The molecule has 1 amide bonds. The van der Waals surface area contributed by atoms with Crippen LogP contribution in [0.15, 0.2) is 60.3 Å². The van der Waals surface area contributed by atoms with E-state index in [2.05, 4.69) is 4.98 Å². The van der Waals surface area contributed by atoms with Gasteiger partial charge in [0, 0.05) is 34.8 Å². The van der Waals surface area contributed by atoms with Crippen molar-refractivity contribution in [1.29, 1.82) is 0 Å². The van der Waals surface area contributed by atoms with Gasteiger partial charge in [-0.25, -0.2) is 0 Å². The monoisotopic (exact) mass is 462 g/mol. The van der Waals surface area contributed by atoms with E-state index < -0.39 is 17.7 Å². The number of ketones is 1. The number of carbonyl (C=O) groups is 2. The first-order chi connectivity index (χ1) is 16.4. The van der Waals surface area contributed by atoms with Crippen LogP contribution in [-0.2, 0) is 14.3 Å². The fraction of sp³-hybridized carbons (Fsp3) is 0.333. The van der Waals surface area contributed by atoms with E-state index in [1.165, 1.54) is 4.90 Å². The van der Waals surface area contributed by atoms with Crippen LogP contribution in [0.2, 0.25) is 0 Å². The number of likely N-dealkylation sites (tertiary alicyclic amines) is 1. The van der Waals surface area contributed by atoms with Gasteiger partial charge in [-0.3, -0.25) is 9.59 Å². The summed E-state index contributed by atoms with van der Waals surface area (Å²) in [6.45, 7) is 6.96. The smallest absolute Gasteiger partial charge is 0.295 e. The highest BCUT2D eigenvalue weighted by molar-refractivity contribution is 6.46. The third-order valence-corrected chi connectivity index (χ3v) is 5.84. The third kappa shape index (κ3) is 4.56. The van der Waals surface area contributed by atoms with Gasteiger partial charge in [0.15, 0.2) is 0 Å². The minimum atomic E-state index is -0.733. The van der Waals surface area contributed by atoms with Crippen molar-refractivity contribution in [3.63, 3.8) is 0 Å². The molecule has 1 saturated heterocycles. The van der Waals surface area contributed by atoms with E-state index in [4.69, 9.17) is 9.47 Å². The standard InChI is InChI=1S/C27H30N2O5/c1-4-14-34-19-11-9-18(10-12-19)25(30)23-24(21-16-28-22-8-6-5-7-20(21)22)29(27(32)26(23)31)13-15-33-17(2)3/h5-12,16-17,24,28,30H,4,13-15H2,1-3H3/b25-23+. The highest BCUT2D eigenvalue weighted by atomic mass is 16.5. The lowest BCUT2D eigenvalue weighted by atomic mass is 9.95. The molecule has 0 spiro atoms. The molecule has 2 heterocycles. The topological polar surface area (TPSA) is 91.9 Å². The van der Waals surface area contributed by atoms with E-state index in [1.54, 1.807) is 30.5 Å². The summed E-state index contributed by atoms with van der Waals surface area (Å²) in [5.41, 5.74) is 2.16. The minimum absolute atomic E-state index is 0.00296. The molecule has 7 nitrogen and oxygen atoms in total. The van der Waals surface area contributed by atoms with Crippen molar-refractivity contribution in [2.75, 3.05) is 19.8 Å². The predicted octanol–water partition coefficient (Wildman–Crippen LogP) is 4.80. The number of nitrogens with one attached hydrogen (secondary N) is 1. The highest BCUT2D eigenvalue weighted by Crippen LogP contribution is 2.41. The van der Waals surface area contributed by atoms with E-state index >= 15 is 0 Å². The molecule has 1 aliphatic heterocycles. The SMILES string of the molecule is CCCOc1ccc(/C(O)=C2\C(=O)C(=O)N(CCOC(C)C)C2c2c[nH]c3ccccc23)cc1. The van der Waals surface area contributed by atoms with Crippen LogP contribution in [0.4, 0.5) is 0 Å². The Labute approximate surface area is 199 Å². The molecule has 0 aliphatic carbocycles. The zero-order chi connectivity index (χ0) is 24.2. The Balaban J connectivity index is 1.78. The van der Waals surface area contributed by atoms with Crippen LogP contribution < -0.4 is 4.74 Å². The fourth-order valence-electron chi connectivity index (χ4n) is 4.23. The molecule has 1 aliphatic rings. The summed E-state index contributed by atoms with van der Waals surface area (Å²) in [5.74, 6) is -0.878. The number of benzene rings is 2. The summed E-state index contributed by atoms with van der Waals surface area (Å²) >= 11 is 0. The van der Waals surface area contributed by atoms with Crippen LogP contribution in [0.25, 0.3) is 16.7 Å². The van der Waals surface area contributed by atoms with Gasteiger partial charge in [0.25, 0.3) is 11.7 Å². The van der Waals surface area contributed by atoms with Gasteiger partial charge in [-0.15, -0.1) is 0 Å². The molecule has 7 heteroatoms. The molecule has 0 saturated carbocycles. The number of nitrogens with zero attached hydrogens (tertiary/aromatic N) is 1. The first-order valence-corrected chi connectivity index (χ1v) is 11.6. The number of ether oxygens (including phenoxy) is 2. The summed E-state index contributed by atoms with van der Waals surface area (Å²) < 4.78 is 11.3. The fourth-order valence-corrected chi connectivity index (χ4v) is 4.23. The van der Waals surface area contributed by atoms with Gasteiger partial charge in [0.1, 0.15) is 11.5 Å². The molecular weight excluding hydrogens is 432 g/mol. The van der Waals surface area contributed by atoms with Crippen LogP contribution in [0.1, 0.15) is 44.4 Å². The Morgan fingerprint density at radius 3 is 2.53 bits per heavy atom. The number of aliphatic hydroxyl groups is 1. The number of amides is 1. The van der Waals surface area contributed by atoms with E-state index in [9.17, 15) is 14.7 Å². The Kier molecular flexibility index (Phi) is 7.03. The number of aromatic amines is 1. The molecule has 3 aromatic rings.